The highest BCUT2D eigenvalue weighted by Gasteiger charge is 2.18. The number of hydrogen-bond donors (Lipinski definition) is 2. The van der Waals surface area contributed by atoms with E-state index in [1.54, 1.807) is 45.0 Å². The van der Waals surface area contributed by atoms with Gasteiger partial charge in [0.1, 0.15) is 10.7 Å². The van der Waals surface area contributed by atoms with E-state index in [2.05, 4.69) is 15.0 Å². The molecule has 30 heavy (non-hydrogen) atoms. The van der Waals surface area contributed by atoms with Crippen molar-refractivity contribution in [3.05, 3.63) is 75.5 Å². The Hall–Kier alpha value is -2.62. The SMILES string of the molecule is Cc1nc(Cc2ccc(F)cc2)sc1C(=O)Nc1ccc(S(=O)(=O)NC(C)C)cc1. The molecule has 0 fully saturated rings. The monoisotopic (exact) mass is 447 g/mol. The third-order valence-corrected chi connectivity index (χ3v) is 6.96. The van der Waals surface area contributed by atoms with Crippen molar-refractivity contribution in [2.24, 2.45) is 0 Å². The smallest absolute Gasteiger partial charge is 0.267 e. The van der Waals surface area contributed by atoms with Crippen LogP contribution in [0.1, 0.15) is 39.8 Å². The van der Waals surface area contributed by atoms with E-state index in [-0.39, 0.29) is 22.7 Å². The normalized spacial score (nSPS) is 11.6. The van der Waals surface area contributed by atoms with Crippen LogP contribution >= 0.6 is 11.3 Å². The van der Waals surface area contributed by atoms with Gasteiger partial charge in [-0.3, -0.25) is 4.79 Å². The number of aromatic nitrogens is 1. The van der Waals surface area contributed by atoms with Crippen molar-refractivity contribution < 1.29 is 17.6 Å². The van der Waals surface area contributed by atoms with E-state index < -0.39 is 10.0 Å². The van der Waals surface area contributed by atoms with E-state index in [0.717, 1.165) is 10.6 Å². The van der Waals surface area contributed by atoms with Crippen molar-refractivity contribution in [3.8, 4) is 0 Å². The molecule has 1 heterocycles. The molecule has 0 atom stereocenters. The topological polar surface area (TPSA) is 88.2 Å². The highest BCUT2D eigenvalue weighted by atomic mass is 32.2. The summed E-state index contributed by atoms with van der Waals surface area (Å²) in [7, 11) is -3.59. The first-order chi connectivity index (χ1) is 14.1. The number of nitrogens with one attached hydrogen (secondary N) is 2. The van der Waals surface area contributed by atoms with Crippen molar-refractivity contribution in [1.29, 1.82) is 0 Å². The predicted molar refractivity (Wildman–Crippen MR) is 116 cm³/mol. The summed E-state index contributed by atoms with van der Waals surface area (Å²) in [6.07, 6.45) is 0.508. The molecule has 0 saturated carbocycles. The fraction of sp³-hybridized carbons (Fsp3) is 0.238. The number of halogens is 1. The predicted octanol–water partition coefficient (Wildman–Crippen LogP) is 4.12. The molecule has 3 aromatic rings. The van der Waals surface area contributed by atoms with Crippen molar-refractivity contribution in [2.45, 2.75) is 38.1 Å². The molecule has 0 spiro atoms. The van der Waals surface area contributed by atoms with E-state index in [1.807, 2.05) is 0 Å². The molecule has 6 nitrogen and oxygen atoms in total. The number of rotatable bonds is 7. The van der Waals surface area contributed by atoms with Crippen LogP contribution in [0.2, 0.25) is 0 Å². The first-order valence-electron chi connectivity index (χ1n) is 9.28. The molecule has 0 bridgehead atoms. The average molecular weight is 448 g/mol. The van der Waals surface area contributed by atoms with Gasteiger partial charge in [-0.2, -0.15) is 0 Å². The quantitative estimate of drug-likeness (QED) is 0.570. The molecule has 2 aromatic carbocycles. The van der Waals surface area contributed by atoms with Gasteiger partial charge in [0.15, 0.2) is 0 Å². The molecule has 0 saturated heterocycles. The van der Waals surface area contributed by atoms with Crippen molar-refractivity contribution >= 4 is 33.0 Å². The van der Waals surface area contributed by atoms with E-state index in [1.165, 1.54) is 35.6 Å². The summed E-state index contributed by atoms with van der Waals surface area (Å²) >= 11 is 1.28. The Kier molecular flexibility index (Phi) is 6.64. The lowest BCUT2D eigenvalue weighted by molar-refractivity contribution is 0.103. The van der Waals surface area contributed by atoms with Crippen LogP contribution in [0, 0.1) is 12.7 Å². The number of aryl methyl sites for hydroxylation is 1. The van der Waals surface area contributed by atoms with Crippen LogP contribution in [0.5, 0.6) is 0 Å². The fourth-order valence-corrected chi connectivity index (χ4v) is 5.04. The van der Waals surface area contributed by atoms with Gasteiger partial charge in [-0.15, -0.1) is 11.3 Å². The summed E-state index contributed by atoms with van der Waals surface area (Å²) < 4.78 is 39.9. The van der Waals surface area contributed by atoms with Crippen LogP contribution in [0.15, 0.2) is 53.4 Å². The average Bonchev–Trinajstić information content (AvgIpc) is 3.03. The van der Waals surface area contributed by atoms with E-state index in [4.69, 9.17) is 0 Å². The Labute approximate surface area is 179 Å². The highest BCUT2D eigenvalue weighted by molar-refractivity contribution is 7.89. The summed E-state index contributed by atoms with van der Waals surface area (Å²) in [5.74, 6) is -0.612. The van der Waals surface area contributed by atoms with Crippen molar-refractivity contribution in [1.82, 2.24) is 9.71 Å². The number of anilines is 1. The van der Waals surface area contributed by atoms with Crippen molar-refractivity contribution in [3.63, 3.8) is 0 Å². The first kappa shape index (κ1) is 22.1. The minimum atomic E-state index is -3.59. The minimum Gasteiger partial charge on any atom is -0.321 e. The van der Waals surface area contributed by atoms with Gasteiger partial charge in [-0.1, -0.05) is 12.1 Å². The van der Waals surface area contributed by atoms with E-state index >= 15 is 0 Å². The third kappa shape index (κ3) is 5.50. The number of sulfonamides is 1. The molecule has 1 aromatic heterocycles. The second-order valence-electron chi connectivity index (χ2n) is 7.08. The van der Waals surface area contributed by atoms with Gasteiger partial charge in [-0.25, -0.2) is 22.5 Å². The van der Waals surface area contributed by atoms with E-state index in [0.29, 0.717) is 22.7 Å². The summed E-state index contributed by atoms with van der Waals surface area (Å²) in [6, 6.07) is 11.9. The summed E-state index contributed by atoms with van der Waals surface area (Å²) in [5, 5.41) is 3.52. The molecule has 0 unspecified atom stereocenters. The Morgan fingerprint density at radius 1 is 1.10 bits per heavy atom. The van der Waals surface area contributed by atoms with Gasteiger partial charge in [0.25, 0.3) is 5.91 Å². The molecule has 158 valence electrons. The fourth-order valence-electron chi connectivity index (χ4n) is 2.80. The molecule has 3 rings (SSSR count). The highest BCUT2D eigenvalue weighted by Crippen LogP contribution is 2.23. The lowest BCUT2D eigenvalue weighted by atomic mass is 10.1. The molecule has 0 radical (unpaired) electrons. The number of thiazole rings is 1. The van der Waals surface area contributed by atoms with Gasteiger partial charge < -0.3 is 5.32 Å². The number of carbonyl (C=O) groups is 1. The lowest BCUT2D eigenvalue weighted by Gasteiger charge is -2.10. The number of nitrogens with zero attached hydrogens (tertiary/aromatic N) is 1. The first-order valence-corrected chi connectivity index (χ1v) is 11.6. The van der Waals surface area contributed by atoms with Gasteiger partial charge in [0.05, 0.1) is 15.6 Å². The summed E-state index contributed by atoms with van der Waals surface area (Å²) in [5.41, 5.74) is 2.00. The van der Waals surface area contributed by atoms with Crippen LogP contribution < -0.4 is 10.0 Å². The standard InChI is InChI=1S/C21H22FN3O3S2/c1-13(2)25-30(27,28)18-10-8-17(9-11-18)24-21(26)20-14(3)23-19(29-20)12-15-4-6-16(22)7-5-15/h4-11,13,25H,12H2,1-3H3,(H,24,26). The molecule has 0 aliphatic heterocycles. The number of carbonyl (C=O) groups excluding carboxylic acids is 1. The molecular formula is C21H22FN3O3S2. The van der Waals surface area contributed by atoms with E-state index in [9.17, 15) is 17.6 Å². The molecule has 0 aliphatic carbocycles. The molecule has 1 amide bonds. The van der Waals surface area contributed by atoms with Crippen LogP contribution in [0.25, 0.3) is 0 Å². The second-order valence-corrected chi connectivity index (χ2v) is 9.88. The summed E-state index contributed by atoms with van der Waals surface area (Å²) in [4.78, 5) is 17.7. The van der Waals surface area contributed by atoms with Gasteiger partial charge >= 0.3 is 0 Å². The van der Waals surface area contributed by atoms with Crippen LogP contribution in [-0.4, -0.2) is 25.4 Å². The second kappa shape index (κ2) is 9.03. The molecule has 0 aliphatic rings. The Bertz CT molecular complexity index is 1140. The van der Waals surface area contributed by atoms with Crippen LogP contribution in [-0.2, 0) is 16.4 Å². The Morgan fingerprint density at radius 2 is 1.73 bits per heavy atom. The number of benzene rings is 2. The van der Waals surface area contributed by atoms with Gasteiger partial charge in [0, 0.05) is 18.2 Å². The largest absolute Gasteiger partial charge is 0.321 e. The maximum atomic E-state index is 13.0. The lowest BCUT2D eigenvalue weighted by Crippen LogP contribution is -2.30. The number of hydrogen-bond acceptors (Lipinski definition) is 5. The minimum absolute atomic E-state index is 0.129. The zero-order valence-corrected chi connectivity index (χ0v) is 18.4. The number of amides is 1. The molecular weight excluding hydrogens is 425 g/mol. The zero-order chi connectivity index (χ0) is 21.9. The Balaban J connectivity index is 1.70. The maximum Gasteiger partial charge on any atom is 0.267 e. The Morgan fingerprint density at radius 3 is 2.33 bits per heavy atom. The van der Waals surface area contributed by atoms with Crippen LogP contribution in [0.4, 0.5) is 10.1 Å². The zero-order valence-electron chi connectivity index (χ0n) is 16.8. The third-order valence-electron chi connectivity index (χ3n) is 4.13. The molecule has 9 heteroatoms. The molecule has 2 N–H and O–H groups in total. The van der Waals surface area contributed by atoms with Gasteiger partial charge in [0.2, 0.25) is 10.0 Å². The summed E-state index contributed by atoms with van der Waals surface area (Å²) in [6.45, 7) is 5.24. The van der Waals surface area contributed by atoms with Crippen LogP contribution in [0.3, 0.4) is 0 Å². The van der Waals surface area contributed by atoms with Crippen molar-refractivity contribution in [2.75, 3.05) is 5.32 Å². The maximum absolute atomic E-state index is 13.0. The van der Waals surface area contributed by atoms with Gasteiger partial charge in [-0.05, 0) is 62.7 Å².